The number of aromatic nitrogens is 5. The molecular weight excluding hydrogens is 420 g/mol. The van der Waals surface area contributed by atoms with Crippen LogP contribution in [0.5, 0.6) is 5.75 Å². The molecule has 0 saturated carbocycles. The number of rotatable bonds is 4. The summed E-state index contributed by atoms with van der Waals surface area (Å²) in [4.78, 5) is 7.33. The van der Waals surface area contributed by atoms with Gasteiger partial charge in [-0.25, -0.2) is 4.98 Å². The standard InChI is InChI=1S/C24H28N6OS/c1-24(2,3)23-27-26-20-9-10-21(28-30(20)23)29-13-11-16(12-14-29)22-25-18(15-32-22)17-7-5-6-8-19(17)31-4/h5-10,15-16H,11-14H2,1-4H3. The van der Waals surface area contributed by atoms with Crippen molar-refractivity contribution in [3.05, 3.63) is 52.6 Å². The highest BCUT2D eigenvalue weighted by Gasteiger charge is 2.26. The number of benzene rings is 1. The maximum atomic E-state index is 5.51. The van der Waals surface area contributed by atoms with Crippen molar-refractivity contribution in [3.63, 3.8) is 0 Å². The Morgan fingerprint density at radius 1 is 1.03 bits per heavy atom. The average Bonchev–Trinajstić information content (AvgIpc) is 3.46. The fraction of sp³-hybridized carbons (Fsp3) is 0.417. The molecule has 4 aromatic rings. The Morgan fingerprint density at radius 3 is 2.56 bits per heavy atom. The highest BCUT2D eigenvalue weighted by molar-refractivity contribution is 7.10. The number of hydrogen-bond acceptors (Lipinski definition) is 7. The van der Waals surface area contributed by atoms with E-state index in [1.165, 1.54) is 5.01 Å². The first-order valence-electron chi connectivity index (χ1n) is 11.0. The van der Waals surface area contributed by atoms with Crippen LogP contribution < -0.4 is 9.64 Å². The molecule has 0 aliphatic carbocycles. The van der Waals surface area contributed by atoms with Gasteiger partial charge in [0, 0.05) is 35.4 Å². The lowest BCUT2D eigenvalue weighted by Crippen LogP contribution is -2.34. The Hall–Kier alpha value is -3.00. The van der Waals surface area contributed by atoms with Crippen LogP contribution in [0.3, 0.4) is 0 Å². The summed E-state index contributed by atoms with van der Waals surface area (Å²) in [7, 11) is 1.71. The van der Waals surface area contributed by atoms with Crippen LogP contribution in [-0.4, -0.2) is 45.0 Å². The zero-order valence-corrected chi connectivity index (χ0v) is 19.8. The molecule has 8 heteroatoms. The fourth-order valence-electron chi connectivity index (χ4n) is 4.23. The topological polar surface area (TPSA) is 68.4 Å². The molecule has 1 saturated heterocycles. The fourth-order valence-corrected chi connectivity index (χ4v) is 5.22. The van der Waals surface area contributed by atoms with Gasteiger partial charge in [-0.15, -0.1) is 26.6 Å². The number of fused-ring (bicyclic) bond motifs is 1. The van der Waals surface area contributed by atoms with Crippen molar-refractivity contribution in [2.24, 2.45) is 0 Å². The van der Waals surface area contributed by atoms with Crippen molar-refractivity contribution in [1.29, 1.82) is 0 Å². The van der Waals surface area contributed by atoms with Crippen LogP contribution in [0, 0.1) is 0 Å². The first-order valence-corrected chi connectivity index (χ1v) is 11.9. The molecule has 0 atom stereocenters. The number of anilines is 1. The summed E-state index contributed by atoms with van der Waals surface area (Å²) in [6, 6.07) is 12.1. The van der Waals surface area contributed by atoms with Crippen LogP contribution in [0.4, 0.5) is 5.82 Å². The summed E-state index contributed by atoms with van der Waals surface area (Å²) in [6.07, 6.45) is 2.12. The third-order valence-electron chi connectivity index (χ3n) is 5.99. The van der Waals surface area contributed by atoms with E-state index in [1.807, 2.05) is 28.8 Å². The second-order valence-electron chi connectivity index (χ2n) is 9.27. The molecule has 7 nitrogen and oxygen atoms in total. The van der Waals surface area contributed by atoms with Gasteiger partial charge in [0.1, 0.15) is 11.6 Å². The quantitative estimate of drug-likeness (QED) is 0.441. The maximum Gasteiger partial charge on any atom is 0.178 e. The summed E-state index contributed by atoms with van der Waals surface area (Å²) >= 11 is 1.75. The second kappa shape index (κ2) is 8.16. The van der Waals surface area contributed by atoms with E-state index < -0.39 is 0 Å². The van der Waals surface area contributed by atoms with E-state index in [1.54, 1.807) is 18.4 Å². The van der Waals surface area contributed by atoms with Gasteiger partial charge in [-0.2, -0.15) is 4.52 Å². The van der Waals surface area contributed by atoms with Gasteiger partial charge >= 0.3 is 0 Å². The summed E-state index contributed by atoms with van der Waals surface area (Å²) in [5, 5.41) is 16.9. The van der Waals surface area contributed by atoms with Crippen molar-refractivity contribution in [3.8, 4) is 17.0 Å². The van der Waals surface area contributed by atoms with Crippen LogP contribution in [-0.2, 0) is 5.41 Å². The predicted molar refractivity (Wildman–Crippen MR) is 128 cm³/mol. The van der Waals surface area contributed by atoms with Crippen molar-refractivity contribution in [2.75, 3.05) is 25.1 Å². The Balaban J connectivity index is 1.31. The summed E-state index contributed by atoms with van der Waals surface area (Å²) < 4.78 is 7.40. The van der Waals surface area contributed by atoms with Crippen LogP contribution in [0.15, 0.2) is 41.8 Å². The molecule has 5 rings (SSSR count). The van der Waals surface area contributed by atoms with Crippen molar-refractivity contribution >= 4 is 22.8 Å². The molecular formula is C24H28N6OS. The van der Waals surface area contributed by atoms with E-state index in [-0.39, 0.29) is 5.41 Å². The molecule has 0 unspecified atom stereocenters. The van der Waals surface area contributed by atoms with Gasteiger partial charge in [-0.3, -0.25) is 0 Å². The lowest BCUT2D eigenvalue weighted by molar-refractivity contribution is 0.416. The van der Waals surface area contributed by atoms with Crippen LogP contribution >= 0.6 is 11.3 Å². The highest BCUT2D eigenvalue weighted by atomic mass is 32.1. The Labute approximate surface area is 192 Å². The highest BCUT2D eigenvalue weighted by Crippen LogP contribution is 2.36. The van der Waals surface area contributed by atoms with Gasteiger partial charge in [0.2, 0.25) is 0 Å². The molecule has 4 heterocycles. The van der Waals surface area contributed by atoms with Crippen molar-refractivity contribution < 1.29 is 4.74 Å². The average molecular weight is 449 g/mol. The molecule has 1 aliphatic rings. The predicted octanol–water partition coefficient (Wildman–Crippen LogP) is 4.94. The molecule has 3 aromatic heterocycles. The third-order valence-corrected chi connectivity index (χ3v) is 7.00. The van der Waals surface area contributed by atoms with Gasteiger partial charge in [-0.1, -0.05) is 32.9 Å². The SMILES string of the molecule is COc1ccccc1-c1csc(C2CCN(c3ccc4nnc(C(C)(C)C)n4n3)CC2)n1. The van der Waals surface area contributed by atoms with E-state index in [2.05, 4.69) is 53.4 Å². The molecule has 0 bridgehead atoms. The van der Waals surface area contributed by atoms with Gasteiger partial charge in [0.25, 0.3) is 0 Å². The maximum absolute atomic E-state index is 5.51. The largest absolute Gasteiger partial charge is 0.496 e. The molecule has 1 fully saturated rings. The number of nitrogens with zero attached hydrogens (tertiary/aromatic N) is 6. The Bertz CT molecular complexity index is 1230. The molecule has 1 aliphatic heterocycles. The lowest BCUT2D eigenvalue weighted by atomic mass is 9.96. The van der Waals surface area contributed by atoms with E-state index in [0.717, 1.165) is 60.2 Å². The zero-order chi connectivity index (χ0) is 22.3. The molecule has 32 heavy (non-hydrogen) atoms. The zero-order valence-electron chi connectivity index (χ0n) is 18.9. The van der Waals surface area contributed by atoms with Crippen LogP contribution in [0.25, 0.3) is 16.9 Å². The van der Waals surface area contributed by atoms with Crippen molar-refractivity contribution in [1.82, 2.24) is 24.8 Å². The number of para-hydroxylation sites is 1. The van der Waals surface area contributed by atoms with Crippen LogP contribution in [0.2, 0.25) is 0 Å². The molecule has 0 spiro atoms. The summed E-state index contributed by atoms with van der Waals surface area (Å²) in [5.74, 6) is 3.21. The molecule has 0 N–H and O–H groups in total. The number of piperidine rings is 1. The van der Waals surface area contributed by atoms with E-state index in [9.17, 15) is 0 Å². The van der Waals surface area contributed by atoms with Gasteiger partial charge in [0.05, 0.1) is 17.8 Å². The Kier molecular flexibility index (Phi) is 5.33. The minimum absolute atomic E-state index is 0.109. The smallest absolute Gasteiger partial charge is 0.178 e. The van der Waals surface area contributed by atoms with Gasteiger partial charge < -0.3 is 9.64 Å². The number of methoxy groups -OCH3 is 1. The van der Waals surface area contributed by atoms with Gasteiger partial charge in [0.15, 0.2) is 11.5 Å². The van der Waals surface area contributed by atoms with Crippen LogP contribution in [0.1, 0.15) is 50.4 Å². The molecule has 0 amide bonds. The number of hydrogen-bond donors (Lipinski definition) is 0. The number of thiazole rings is 1. The first kappa shape index (κ1) is 20.9. The first-order chi connectivity index (χ1) is 15.4. The lowest BCUT2D eigenvalue weighted by Gasteiger charge is -2.32. The molecule has 1 aromatic carbocycles. The van der Waals surface area contributed by atoms with Crippen molar-refractivity contribution in [2.45, 2.75) is 44.9 Å². The third kappa shape index (κ3) is 3.83. The van der Waals surface area contributed by atoms with Gasteiger partial charge in [-0.05, 0) is 37.1 Å². The minimum atomic E-state index is -0.109. The Morgan fingerprint density at radius 2 is 1.81 bits per heavy atom. The molecule has 0 radical (unpaired) electrons. The number of ether oxygens (including phenoxy) is 1. The second-order valence-corrected chi connectivity index (χ2v) is 10.2. The summed E-state index contributed by atoms with van der Waals surface area (Å²) in [6.45, 7) is 8.32. The van der Waals surface area contributed by atoms with E-state index in [0.29, 0.717) is 5.92 Å². The summed E-state index contributed by atoms with van der Waals surface area (Å²) in [5.41, 5.74) is 2.73. The molecule has 166 valence electrons. The normalized spacial score (nSPS) is 15.4. The van der Waals surface area contributed by atoms with E-state index in [4.69, 9.17) is 14.8 Å². The monoisotopic (exact) mass is 448 g/mol. The van der Waals surface area contributed by atoms with E-state index >= 15 is 0 Å². The minimum Gasteiger partial charge on any atom is -0.496 e.